The van der Waals surface area contributed by atoms with Crippen LogP contribution in [-0.4, -0.2) is 28.6 Å². The van der Waals surface area contributed by atoms with Gasteiger partial charge in [0.15, 0.2) is 0 Å². The number of hydrogen-bond donors (Lipinski definition) is 2. The quantitative estimate of drug-likeness (QED) is 0.642. The van der Waals surface area contributed by atoms with E-state index in [-0.39, 0.29) is 17.7 Å². The van der Waals surface area contributed by atoms with Crippen LogP contribution in [0.3, 0.4) is 0 Å². The fourth-order valence-electron chi connectivity index (χ4n) is 2.51. The third-order valence-corrected chi connectivity index (χ3v) is 3.96. The van der Waals surface area contributed by atoms with Crippen LogP contribution in [0.2, 0.25) is 5.02 Å². The Bertz CT molecular complexity index is 987. The van der Waals surface area contributed by atoms with Gasteiger partial charge in [-0.3, -0.25) is 4.98 Å². The van der Waals surface area contributed by atoms with E-state index in [2.05, 4.69) is 10.3 Å². The van der Waals surface area contributed by atoms with Crippen LogP contribution in [0.4, 0.5) is 11.4 Å². The zero-order chi connectivity index (χ0) is 18.7. The summed E-state index contributed by atoms with van der Waals surface area (Å²) in [6, 6.07) is 11.4. The van der Waals surface area contributed by atoms with E-state index in [1.54, 1.807) is 37.3 Å². The van der Waals surface area contributed by atoms with Crippen LogP contribution in [0.15, 0.2) is 48.7 Å². The average Bonchev–Trinajstić information content (AvgIpc) is 2.62. The van der Waals surface area contributed by atoms with Gasteiger partial charge in [0.05, 0.1) is 23.4 Å². The van der Waals surface area contributed by atoms with Crippen molar-refractivity contribution in [2.24, 2.45) is 0 Å². The number of carboxylic acids is 1. The van der Waals surface area contributed by atoms with E-state index in [4.69, 9.17) is 21.4 Å². The smallest absolute Gasteiger partial charge is 0.341 e. The molecular formula is C19H15ClN2O4. The molecule has 0 spiro atoms. The van der Waals surface area contributed by atoms with Gasteiger partial charge >= 0.3 is 11.9 Å². The van der Waals surface area contributed by atoms with Crippen LogP contribution in [0, 0.1) is 0 Å². The molecule has 0 radical (unpaired) electrons. The Hall–Kier alpha value is -3.12. The normalized spacial score (nSPS) is 10.5. The maximum atomic E-state index is 12.3. The summed E-state index contributed by atoms with van der Waals surface area (Å²) in [5.41, 5.74) is 2.22. The highest BCUT2D eigenvalue weighted by Crippen LogP contribution is 2.31. The third kappa shape index (κ3) is 3.60. The van der Waals surface area contributed by atoms with Gasteiger partial charge in [0, 0.05) is 22.3 Å². The molecular weight excluding hydrogens is 356 g/mol. The van der Waals surface area contributed by atoms with E-state index < -0.39 is 11.9 Å². The number of aromatic carboxylic acids is 1. The molecule has 3 rings (SSSR count). The fourth-order valence-corrected chi connectivity index (χ4v) is 2.67. The first kappa shape index (κ1) is 17.7. The number of carbonyl (C=O) groups excluding carboxylic acids is 1. The highest BCUT2D eigenvalue weighted by Gasteiger charge is 2.17. The molecule has 3 aromatic rings. The summed E-state index contributed by atoms with van der Waals surface area (Å²) in [6.07, 6.45) is 1.44. The minimum atomic E-state index is -1.01. The van der Waals surface area contributed by atoms with Crippen molar-refractivity contribution in [2.75, 3.05) is 11.9 Å². The number of carboxylic acid groups (broad SMARTS) is 1. The molecule has 0 bridgehead atoms. The van der Waals surface area contributed by atoms with Crippen LogP contribution in [0.5, 0.6) is 0 Å². The molecule has 1 aromatic heterocycles. The Balaban J connectivity index is 2.09. The molecule has 0 amide bonds. The lowest BCUT2D eigenvalue weighted by atomic mass is 10.1. The summed E-state index contributed by atoms with van der Waals surface area (Å²) in [5.74, 6) is -1.51. The largest absolute Gasteiger partial charge is 0.478 e. The number of carbonyl (C=O) groups is 2. The highest BCUT2D eigenvalue weighted by molar-refractivity contribution is 6.31. The fraction of sp³-hybridized carbons (Fsp3) is 0.105. The number of esters is 1. The lowest BCUT2D eigenvalue weighted by molar-refractivity contribution is 0.0526. The highest BCUT2D eigenvalue weighted by atomic mass is 35.5. The number of hydrogen-bond acceptors (Lipinski definition) is 5. The Morgan fingerprint density at radius 2 is 1.92 bits per heavy atom. The van der Waals surface area contributed by atoms with E-state index in [1.807, 2.05) is 0 Å². The van der Waals surface area contributed by atoms with Crippen molar-refractivity contribution in [3.05, 3.63) is 64.8 Å². The zero-order valence-corrected chi connectivity index (χ0v) is 14.6. The second kappa shape index (κ2) is 7.41. The molecule has 0 aliphatic carbocycles. The van der Waals surface area contributed by atoms with Crippen molar-refractivity contribution in [1.82, 2.24) is 4.98 Å². The Morgan fingerprint density at radius 3 is 2.58 bits per heavy atom. The molecule has 6 nitrogen and oxygen atoms in total. The zero-order valence-electron chi connectivity index (χ0n) is 13.8. The number of rotatable bonds is 5. The van der Waals surface area contributed by atoms with Gasteiger partial charge in [0.25, 0.3) is 0 Å². The number of halogens is 1. The van der Waals surface area contributed by atoms with Crippen LogP contribution >= 0.6 is 11.6 Å². The van der Waals surface area contributed by atoms with Crippen LogP contribution in [0.25, 0.3) is 10.9 Å². The van der Waals surface area contributed by atoms with E-state index in [1.165, 1.54) is 18.3 Å². The van der Waals surface area contributed by atoms with Gasteiger partial charge in [-0.25, -0.2) is 9.59 Å². The van der Waals surface area contributed by atoms with Crippen molar-refractivity contribution in [3.8, 4) is 0 Å². The molecule has 2 N–H and O–H groups in total. The number of anilines is 2. The number of ether oxygens (including phenoxy) is 1. The number of pyridine rings is 1. The molecule has 0 atom stereocenters. The van der Waals surface area contributed by atoms with Crippen LogP contribution in [0.1, 0.15) is 27.6 Å². The number of fused-ring (bicyclic) bond motifs is 1. The predicted molar refractivity (Wildman–Crippen MR) is 99.4 cm³/mol. The Labute approximate surface area is 154 Å². The molecule has 0 fully saturated rings. The number of nitrogens with zero attached hydrogens (tertiary/aromatic N) is 1. The van der Waals surface area contributed by atoms with Gasteiger partial charge in [-0.1, -0.05) is 11.6 Å². The second-order valence-corrected chi connectivity index (χ2v) is 5.87. The summed E-state index contributed by atoms with van der Waals surface area (Å²) < 4.78 is 5.11. The molecule has 26 heavy (non-hydrogen) atoms. The number of aromatic nitrogens is 1. The monoisotopic (exact) mass is 370 g/mol. The lowest BCUT2D eigenvalue weighted by Gasteiger charge is -2.14. The standard InChI is InChI=1S/C19H15ClN2O4/c1-2-26-19(25)15-10-21-16-9-12(20)5-8-14(16)17(15)22-13-6-3-11(4-7-13)18(23)24/h3-10H,2H2,1H3,(H,21,22)(H,23,24). The van der Waals surface area contributed by atoms with Gasteiger partial charge in [-0.05, 0) is 49.4 Å². The minimum absolute atomic E-state index is 0.174. The lowest BCUT2D eigenvalue weighted by Crippen LogP contribution is -2.09. The van der Waals surface area contributed by atoms with Gasteiger partial charge in [0.2, 0.25) is 0 Å². The van der Waals surface area contributed by atoms with Gasteiger partial charge in [0.1, 0.15) is 5.56 Å². The molecule has 2 aromatic carbocycles. The first-order valence-corrected chi connectivity index (χ1v) is 8.23. The molecule has 0 unspecified atom stereocenters. The predicted octanol–water partition coefficient (Wildman–Crippen LogP) is 4.51. The number of benzene rings is 2. The Kier molecular flexibility index (Phi) is 5.04. The summed E-state index contributed by atoms with van der Waals surface area (Å²) in [5, 5.41) is 13.4. The summed E-state index contributed by atoms with van der Waals surface area (Å²) in [4.78, 5) is 27.6. The molecule has 1 heterocycles. The molecule has 7 heteroatoms. The van der Waals surface area contributed by atoms with E-state index in [0.29, 0.717) is 27.3 Å². The Morgan fingerprint density at radius 1 is 1.19 bits per heavy atom. The SMILES string of the molecule is CCOC(=O)c1cnc2cc(Cl)ccc2c1Nc1ccc(C(=O)O)cc1. The van der Waals surface area contributed by atoms with E-state index in [0.717, 1.165) is 0 Å². The number of nitrogens with one attached hydrogen (secondary N) is 1. The maximum Gasteiger partial charge on any atom is 0.341 e. The van der Waals surface area contributed by atoms with Crippen molar-refractivity contribution < 1.29 is 19.4 Å². The summed E-state index contributed by atoms with van der Waals surface area (Å²) in [7, 11) is 0. The molecule has 0 saturated carbocycles. The van der Waals surface area contributed by atoms with Crippen molar-refractivity contribution >= 4 is 45.8 Å². The minimum Gasteiger partial charge on any atom is -0.478 e. The van der Waals surface area contributed by atoms with E-state index in [9.17, 15) is 9.59 Å². The summed E-state index contributed by atoms with van der Waals surface area (Å²) in [6.45, 7) is 1.97. The van der Waals surface area contributed by atoms with Gasteiger partial charge in [-0.15, -0.1) is 0 Å². The maximum absolute atomic E-state index is 12.3. The summed E-state index contributed by atoms with van der Waals surface area (Å²) >= 11 is 6.02. The van der Waals surface area contributed by atoms with Gasteiger partial charge in [-0.2, -0.15) is 0 Å². The van der Waals surface area contributed by atoms with E-state index >= 15 is 0 Å². The third-order valence-electron chi connectivity index (χ3n) is 3.73. The molecule has 132 valence electrons. The average molecular weight is 371 g/mol. The van der Waals surface area contributed by atoms with Gasteiger partial charge < -0.3 is 15.2 Å². The van der Waals surface area contributed by atoms with Crippen molar-refractivity contribution in [1.29, 1.82) is 0 Å². The van der Waals surface area contributed by atoms with Crippen molar-refractivity contribution in [3.63, 3.8) is 0 Å². The van der Waals surface area contributed by atoms with Crippen LogP contribution < -0.4 is 5.32 Å². The first-order valence-electron chi connectivity index (χ1n) is 7.85. The topological polar surface area (TPSA) is 88.5 Å². The molecule has 0 aliphatic heterocycles. The molecule has 0 saturated heterocycles. The first-order chi connectivity index (χ1) is 12.5. The molecule has 0 aliphatic rings. The van der Waals surface area contributed by atoms with Crippen LogP contribution in [-0.2, 0) is 4.74 Å². The van der Waals surface area contributed by atoms with Crippen molar-refractivity contribution in [2.45, 2.75) is 6.92 Å². The second-order valence-electron chi connectivity index (χ2n) is 5.44.